The Kier molecular flexibility index (Phi) is 4.20. The molecule has 0 spiro atoms. The lowest BCUT2D eigenvalue weighted by Crippen LogP contribution is -2.52. The van der Waals surface area contributed by atoms with Crippen molar-refractivity contribution in [3.8, 4) is 0 Å². The fourth-order valence-electron chi connectivity index (χ4n) is 4.11. The largest absolute Gasteiger partial charge is 0.361 e. The fourth-order valence-corrected chi connectivity index (χ4v) is 4.11. The molecule has 1 atom stereocenters. The number of H-pyrrole nitrogens is 1. The maximum Gasteiger partial charge on any atom is 0.248 e. The van der Waals surface area contributed by atoms with Gasteiger partial charge in [0.25, 0.3) is 0 Å². The molecule has 1 aliphatic rings. The Balaban J connectivity index is 1.78. The number of benzene rings is 1. The number of nitrogens with one attached hydrogen (secondary N) is 1. The maximum atomic E-state index is 13.3. The number of rotatable bonds is 4. The van der Waals surface area contributed by atoms with Crippen molar-refractivity contribution in [2.75, 3.05) is 20.6 Å². The van der Waals surface area contributed by atoms with Gasteiger partial charge in [0, 0.05) is 50.1 Å². The molecule has 3 aromatic rings. The SMILES string of the molecule is CN(C)C(=O)[C@]1(c2cnccn2)CCCN1Cc1cccc2[nH]ccc12. The van der Waals surface area contributed by atoms with Crippen LogP contribution in [0.25, 0.3) is 10.9 Å². The fraction of sp³-hybridized carbons (Fsp3) is 0.350. The van der Waals surface area contributed by atoms with Crippen molar-refractivity contribution < 1.29 is 4.79 Å². The number of carbonyl (C=O) groups excluding carboxylic acids is 1. The number of aromatic amines is 1. The average molecular weight is 349 g/mol. The highest BCUT2D eigenvalue weighted by Crippen LogP contribution is 2.40. The van der Waals surface area contributed by atoms with Crippen LogP contribution < -0.4 is 0 Å². The summed E-state index contributed by atoms with van der Waals surface area (Å²) >= 11 is 0. The van der Waals surface area contributed by atoms with E-state index in [2.05, 4.69) is 44.1 Å². The Hall–Kier alpha value is -2.73. The first-order chi connectivity index (χ1) is 12.6. The molecule has 0 bridgehead atoms. The average Bonchev–Trinajstić information content (AvgIpc) is 3.30. The molecule has 1 N–H and O–H groups in total. The van der Waals surface area contributed by atoms with E-state index in [9.17, 15) is 4.79 Å². The molecule has 0 unspecified atom stereocenters. The van der Waals surface area contributed by atoms with Crippen LogP contribution in [0.5, 0.6) is 0 Å². The zero-order valence-corrected chi connectivity index (χ0v) is 15.1. The van der Waals surface area contributed by atoms with Gasteiger partial charge in [-0.05, 0) is 37.1 Å². The summed E-state index contributed by atoms with van der Waals surface area (Å²) in [5, 5.41) is 1.20. The molecule has 0 aliphatic carbocycles. The van der Waals surface area contributed by atoms with Gasteiger partial charge in [0.1, 0.15) is 5.54 Å². The standard InChI is InChI=1S/C20H23N5O/c1-24(2)19(26)20(18-13-21-10-11-23-18)8-4-12-25(20)14-15-5-3-6-17-16(15)7-9-22-17/h3,5-7,9-11,13,22H,4,8,12,14H2,1-2H3/t20-/m1/s1. The minimum Gasteiger partial charge on any atom is -0.361 e. The van der Waals surface area contributed by atoms with Crippen LogP contribution in [0.15, 0.2) is 49.1 Å². The van der Waals surface area contributed by atoms with E-state index in [0.29, 0.717) is 6.54 Å². The number of hydrogen-bond acceptors (Lipinski definition) is 4. The molecule has 4 rings (SSSR count). The van der Waals surface area contributed by atoms with Gasteiger partial charge in [0.05, 0.1) is 11.9 Å². The number of likely N-dealkylation sites (tertiary alicyclic amines) is 1. The first-order valence-electron chi connectivity index (χ1n) is 8.91. The van der Waals surface area contributed by atoms with Crippen LogP contribution in [0.4, 0.5) is 0 Å². The van der Waals surface area contributed by atoms with Crippen LogP contribution in [0, 0.1) is 0 Å². The number of hydrogen-bond donors (Lipinski definition) is 1. The van der Waals surface area contributed by atoms with Crippen LogP contribution in [-0.2, 0) is 16.9 Å². The molecular weight excluding hydrogens is 326 g/mol. The highest BCUT2D eigenvalue weighted by Gasteiger charge is 2.50. The molecule has 1 amide bonds. The summed E-state index contributed by atoms with van der Waals surface area (Å²) in [7, 11) is 3.62. The minimum atomic E-state index is -0.754. The van der Waals surface area contributed by atoms with E-state index >= 15 is 0 Å². The number of fused-ring (bicyclic) bond motifs is 1. The van der Waals surface area contributed by atoms with E-state index in [4.69, 9.17) is 0 Å². The van der Waals surface area contributed by atoms with Crippen molar-refractivity contribution in [2.24, 2.45) is 0 Å². The van der Waals surface area contributed by atoms with Crippen molar-refractivity contribution in [2.45, 2.75) is 24.9 Å². The van der Waals surface area contributed by atoms with Gasteiger partial charge in [-0.25, -0.2) is 0 Å². The second-order valence-electron chi connectivity index (χ2n) is 7.03. The molecule has 6 nitrogen and oxygen atoms in total. The number of carbonyl (C=O) groups is 1. The Morgan fingerprint density at radius 1 is 1.31 bits per heavy atom. The summed E-state index contributed by atoms with van der Waals surface area (Å²) in [6.45, 7) is 1.56. The molecule has 26 heavy (non-hydrogen) atoms. The third-order valence-electron chi connectivity index (χ3n) is 5.30. The van der Waals surface area contributed by atoms with Crippen LogP contribution in [-0.4, -0.2) is 51.3 Å². The molecule has 1 aliphatic heterocycles. The molecule has 3 heterocycles. The maximum absolute atomic E-state index is 13.3. The van der Waals surface area contributed by atoms with Gasteiger partial charge in [-0.2, -0.15) is 0 Å². The van der Waals surface area contributed by atoms with Gasteiger partial charge < -0.3 is 9.88 Å². The Morgan fingerprint density at radius 2 is 2.19 bits per heavy atom. The Labute approximate surface area is 152 Å². The lowest BCUT2D eigenvalue weighted by Gasteiger charge is -2.38. The number of nitrogens with zero attached hydrogens (tertiary/aromatic N) is 4. The predicted molar refractivity (Wildman–Crippen MR) is 100 cm³/mol. The van der Waals surface area contributed by atoms with Crippen LogP contribution in [0.3, 0.4) is 0 Å². The van der Waals surface area contributed by atoms with E-state index < -0.39 is 5.54 Å². The van der Waals surface area contributed by atoms with Crippen molar-refractivity contribution >= 4 is 16.8 Å². The molecule has 0 radical (unpaired) electrons. The van der Waals surface area contributed by atoms with Crippen molar-refractivity contribution in [1.29, 1.82) is 0 Å². The zero-order valence-electron chi connectivity index (χ0n) is 15.1. The first kappa shape index (κ1) is 16.7. The molecule has 1 aromatic carbocycles. The summed E-state index contributed by atoms with van der Waals surface area (Å²) in [6, 6.07) is 8.36. The summed E-state index contributed by atoms with van der Waals surface area (Å²) < 4.78 is 0. The van der Waals surface area contributed by atoms with Crippen LogP contribution in [0.1, 0.15) is 24.1 Å². The Bertz CT molecular complexity index is 920. The van der Waals surface area contributed by atoms with Crippen molar-refractivity contribution in [1.82, 2.24) is 24.8 Å². The quantitative estimate of drug-likeness (QED) is 0.786. The molecular formula is C20H23N5O. The number of amides is 1. The molecule has 1 fully saturated rings. The summed E-state index contributed by atoms with van der Waals surface area (Å²) in [6.07, 6.45) is 8.72. The van der Waals surface area contributed by atoms with Crippen molar-refractivity contribution in [3.05, 3.63) is 60.3 Å². The third-order valence-corrected chi connectivity index (χ3v) is 5.30. The minimum absolute atomic E-state index is 0.0664. The summed E-state index contributed by atoms with van der Waals surface area (Å²) in [5.41, 5.74) is 2.31. The van der Waals surface area contributed by atoms with Crippen molar-refractivity contribution in [3.63, 3.8) is 0 Å². The number of likely N-dealkylation sites (N-methyl/N-ethyl adjacent to an activating group) is 1. The van der Waals surface area contributed by atoms with Gasteiger partial charge in [-0.15, -0.1) is 0 Å². The highest BCUT2D eigenvalue weighted by molar-refractivity contribution is 5.87. The summed E-state index contributed by atoms with van der Waals surface area (Å²) in [4.78, 5) is 29.2. The van der Waals surface area contributed by atoms with Gasteiger partial charge in [-0.3, -0.25) is 19.7 Å². The topological polar surface area (TPSA) is 65.1 Å². The van der Waals surface area contributed by atoms with E-state index in [1.54, 1.807) is 23.5 Å². The van der Waals surface area contributed by atoms with Gasteiger partial charge >= 0.3 is 0 Å². The second kappa shape index (κ2) is 6.53. The summed E-state index contributed by atoms with van der Waals surface area (Å²) in [5.74, 6) is 0.0664. The van der Waals surface area contributed by atoms with Gasteiger partial charge in [0.15, 0.2) is 0 Å². The molecule has 1 saturated heterocycles. The van der Waals surface area contributed by atoms with E-state index in [1.807, 2.05) is 20.3 Å². The molecule has 134 valence electrons. The Morgan fingerprint density at radius 3 is 2.96 bits per heavy atom. The van der Waals surface area contributed by atoms with E-state index in [1.165, 1.54) is 10.9 Å². The molecule has 2 aromatic heterocycles. The van der Waals surface area contributed by atoms with E-state index in [0.717, 1.165) is 30.6 Å². The lowest BCUT2D eigenvalue weighted by atomic mass is 9.89. The molecule has 6 heteroatoms. The normalized spacial score (nSPS) is 20.5. The third kappa shape index (κ3) is 2.57. The zero-order chi connectivity index (χ0) is 18.1. The van der Waals surface area contributed by atoms with Gasteiger partial charge in [0.2, 0.25) is 5.91 Å². The first-order valence-corrected chi connectivity index (χ1v) is 8.91. The predicted octanol–water partition coefficient (Wildman–Crippen LogP) is 2.54. The monoisotopic (exact) mass is 349 g/mol. The second-order valence-corrected chi connectivity index (χ2v) is 7.03. The van der Waals surface area contributed by atoms with Gasteiger partial charge in [-0.1, -0.05) is 12.1 Å². The highest BCUT2D eigenvalue weighted by atomic mass is 16.2. The van der Waals surface area contributed by atoms with E-state index in [-0.39, 0.29) is 5.91 Å². The van der Waals surface area contributed by atoms with Crippen LogP contribution in [0.2, 0.25) is 0 Å². The number of aromatic nitrogens is 3. The molecule has 0 saturated carbocycles. The smallest absolute Gasteiger partial charge is 0.248 e. The lowest BCUT2D eigenvalue weighted by molar-refractivity contribution is -0.141. The van der Waals surface area contributed by atoms with Crippen LogP contribution >= 0.6 is 0 Å².